The summed E-state index contributed by atoms with van der Waals surface area (Å²) in [5, 5.41) is 0.306. The lowest BCUT2D eigenvalue weighted by molar-refractivity contribution is -0.136. The smallest absolute Gasteiger partial charge is 0.389 e. The maximum absolute atomic E-state index is 11.8. The number of benzene rings is 1. The molecule has 0 spiro atoms. The van der Waals surface area contributed by atoms with Gasteiger partial charge >= 0.3 is 6.18 Å². The van der Waals surface area contributed by atoms with E-state index in [9.17, 15) is 18.0 Å². The summed E-state index contributed by atoms with van der Waals surface area (Å²) in [6, 6.07) is 4.31. The number of carbonyl (C=O) groups is 1. The Hall–Kier alpha value is -1.23. The topological polar surface area (TPSA) is 26.3 Å². The first-order valence-corrected chi connectivity index (χ1v) is 5.24. The summed E-state index contributed by atoms with van der Waals surface area (Å²) in [5.41, 5.74) is 0.323. The lowest BCUT2D eigenvalue weighted by Gasteiger charge is -2.08. The summed E-state index contributed by atoms with van der Waals surface area (Å²) < 4.78 is 40.6. The Morgan fingerprint density at radius 1 is 1.29 bits per heavy atom. The molecule has 0 heterocycles. The molecular weight excluding hydrogens is 257 g/mol. The van der Waals surface area contributed by atoms with Crippen molar-refractivity contribution < 1.29 is 22.7 Å². The molecule has 0 bridgehead atoms. The van der Waals surface area contributed by atoms with Crippen LogP contribution in [-0.4, -0.2) is 19.1 Å². The maximum Gasteiger partial charge on any atom is 0.389 e. The van der Waals surface area contributed by atoms with Gasteiger partial charge in [-0.25, -0.2) is 0 Å². The van der Waals surface area contributed by atoms with Gasteiger partial charge in [-0.3, -0.25) is 4.79 Å². The van der Waals surface area contributed by atoms with Crippen molar-refractivity contribution in [3.8, 4) is 5.75 Å². The SMILES string of the molecule is O=Cc1cc(Cl)cc(OCCCC(F)(F)F)c1. The molecular formula is C11H10ClF3O2. The Labute approximate surface area is 101 Å². The van der Waals surface area contributed by atoms with E-state index >= 15 is 0 Å². The standard InChI is InChI=1S/C11H10ClF3O2/c12-9-4-8(7-16)5-10(6-9)17-3-1-2-11(13,14)15/h4-7H,1-3H2. The molecule has 1 aromatic carbocycles. The van der Waals surface area contributed by atoms with Gasteiger partial charge in [0.1, 0.15) is 12.0 Å². The van der Waals surface area contributed by atoms with Crippen LogP contribution in [0.15, 0.2) is 18.2 Å². The Bertz CT molecular complexity index is 391. The van der Waals surface area contributed by atoms with Crippen LogP contribution in [0.5, 0.6) is 5.75 Å². The fraction of sp³-hybridized carbons (Fsp3) is 0.364. The Morgan fingerprint density at radius 2 is 2.00 bits per heavy atom. The average Bonchev–Trinajstić information content (AvgIpc) is 2.22. The van der Waals surface area contributed by atoms with E-state index in [1.54, 1.807) is 0 Å². The van der Waals surface area contributed by atoms with Crippen molar-refractivity contribution >= 4 is 17.9 Å². The molecule has 0 amide bonds. The molecule has 0 aromatic heterocycles. The number of halogens is 4. The second kappa shape index (κ2) is 5.91. The van der Waals surface area contributed by atoms with Gasteiger partial charge in [-0.1, -0.05) is 11.6 Å². The van der Waals surface area contributed by atoms with Gasteiger partial charge < -0.3 is 4.74 Å². The predicted octanol–water partition coefficient (Wildman–Crippen LogP) is 3.87. The molecule has 0 aliphatic carbocycles. The van der Waals surface area contributed by atoms with Gasteiger partial charge in [0.25, 0.3) is 0 Å². The maximum atomic E-state index is 11.8. The van der Waals surface area contributed by atoms with Crippen LogP contribution in [0.1, 0.15) is 23.2 Å². The lowest BCUT2D eigenvalue weighted by Crippen LogP contribution is -2.09. The third-order valence-electron chi connectivity index (χ3n) is 1.90. The minimum Gasteiger partial charge on any atom is -0.494 e. The number of carbonyl (C=O) groups excluding carboxylic acids is 1. The molecule has 0 saturated heterocycles. The fourth-order valence-corrected chi connectivity index (χ4v) is 1.43. The van der Waals surface area contributed by atoms with Crippen LogP contribution in [0.3, 0.4) is 0 Å². The van der Waals surface area contributed by atoms with E-state index < -0.39 is 12.6 Å². The third-order valence-corrected chi connectivity index (χ3v) is 2.12. The van der Waals surface area contributed by atoms with Gasteiger partial charge in [-0.15, -0.1) is 0 Å². The van der Waals surface area contributed by atoms with Crippen molar-refractivity contribution in [1.82, 2.24) is 0 Å². The first-order valence-electron chi connectivity index (χ1n) is 4.86. The highest BCUT2D eigenvalue weighted by atomic mass is 35.5. The van der Waals surface area contributed by atoms with Crippen LogP contribution >= 0.6 is 11.6 Å². The molecule has 6 heteroatoms. The molecule has 0 atom stereocenters. The monoisotopic (exact) mass is 266 g/mol. The zero-order valence-corrected chi connectivity index (χ0v) is 9.52. The summed E-state index contributed by atoms with van der Waals surface area (Å²) >= 11 is 5.70. The van der Waals surface area contributed by atoms with Crippen LogP contribution in [0.4, 0.5) is 13.2 Å². The molecule has 0 unspecified atom stereocenters. The second-order valence-corrected chi connectivity index (χ2v) is 3.84. The molecule has 0 radical (unpaired) electrons. The third kappa shape index (κ3) is 5.58. The van der Waals surface area contributed by atoms with Crippen molar-refractivity contribution in [3.05, 3.63) is 28.8 Å². The molecule has 0 saturated carbocycles. The number of rotatable bonds is 5. The van der Waals surface area contributed by atoms with Gasteiger partial charge in [0.05, 0.1) is 6.61 Å². The number of hydrogen-bond donors (Lipinski definition) is 0. The van der Waals surface area contributed by atoms with Crippen molar-refractivity contribution in [2.24, 2.45) is 0 Å². The predicted molar refractivity (Wildman–Crippen MR) is 57.6 cm³/mol. The zero-order chi connectivity index (χ0) is 12.9. The number of alkyl halides is 3. The molecule has 1 aromatic rings. The van der Waals surface area contributed by atoms with Gasteiger partial charge in [0.15, 0.2) is 0 Å². The second-order valence-electron chi connectivity index (χ2n) is 3.41. The van der Waals surface area contributed by atoms with Crippen LogP contribution < -0.4 is 4.74 Å². The molecule has 0 aliphatic rings. The van der Waals surface area contributed by atoms with E-state index in [0.717, 1.165) is 0 Å². The van der Waals surface area contributed by atoms with Crippen molar-refractivity contribution in [3.63, 3.8) is 0 Å². The fourth-order valence-electron chi connectivity index (χ4n) is 1.20. The minimum atomic E-state index is -4.17. The molecule has 0 N–H and O–H groups in total. The molecule has 2 nitrogen and oxygen atoms in total. The Balaban J connectivity index is 2.46. The largest absolute Gasteiger partial charge is 0.494 e. The molecule has 0 aliphatic heterocycles. The quantitative estimate of drug-likeness (QED) is 0.597. The van der Waals surface area contributed by atoms with Crippen molar-refractivity contribution in [2.45, 2.75) is 19.0 Å². The van der Waals surface area contributed by atoms with Crippen LogP contribution in [0.2, 0.25) is 5.02 Å². The molecule has 17 heavy (non-hydrogen) atoms. The van der Waals surface area contributed by atoms with Crippen LogP contribution in [-0.2, 0) is 0 Å². The zero-order valence-electron chi connectivity index (χ0n) is 8.76. The lowest BCUT2D eigenvalue weighted by atomic mass is 10.2. The minimum absolute atomic E-state index is 0.0713. The molecule has 0 fully saturated rings. The van der Waals surface area contributed by atoms with Gasteiger partial charge in [-0.2, -0.15) is 13.2 Å². The van der Waals surface area contributed by atoms with E-state index in [-0.39, 0.29) is 13.0 Å². The number of aldehydes is 1. The summed E-state index contributed by atoms with van der Waals surface area (Å²) in [6.45, 7) is -0.0713. The van der Waals surface area contributed by atoms with Crippen molar-refractivity contribution in [2.75, 3.05) is 6.61 Å². The van der Waals surface area contributed by atoms with E-state index in [1.807, 2.05) is 0 Å². The van der Waals surface area contributed by atoms with E-state index in [1.165, 1.54) is 18.2 Å². The molecule has 94 valence electrons. The van der Waals surface area contributed by atoms with Crippen LogP contribution in [0, 0.1) is 0 Å². The van der Waals surface area contributed by atoms with Gasteiger partial charge in [0.2, 0.25) is 0 Å². The number of ether oxygens (including phenoxy) is 1. The summed E-state index contributed by atoms with van der Waals surface area (Å²) in [4.78, 5) is 10.5. The van der Waals surface area contributed by atoms with Crippen LogP contribution in [0.25, 0.3) is 0 Å². The Morgan fingerprint density at radius 3 is 2.59 bits per heavy atom. The first kappa shape index (κ1) is 13.8. The highest BCUT2D eigenvalue weighted by molar-refractivity contribution is 6.31. The summed E-state index contributed by atoms with van der Waals surface area (Å²) in [6.07, 6.45) is -4.61. The highest BCUT2D eigenvalue weighted by Crippen LogP contribution is 2.23. The van der Waals surface area contributed by atoms with E-state index in [0.29, 0.717) is 22.6 Å². The highest BCUT2D eigenvalue weighted by Gasteiger charge is 2.26. The molecule has 1 rings (SSSR count). The summed E-state index contributed by atoms with van der Waals surface area (Å²) in [7, 11) is 0. The number of hydrogen-bond acceptors (Lipinski definition) is 2. The first-order chi connectivity index (χ1) is 7.90. The van der Waals surface area contributed by atoms with Gasteiger partial charge in [0, 0.05) is 17.0 Å². The normalized spacial score (nSPS) is 11.3. The Kier molecular flexibility index (Phi) is 4.81. The van der Waals surface area contributed by atoms with Gasteiger partial charge in [-0.05, 0) is 24.6 Å². The van der Waals surface area contributed by atoms with E-state index in [4.69, 9.17) is 16.3 Å². The summed E-state index contributed by atoms with van der Waals surface area (Å²) in [5.74, 6) is 0.293. The average molecular weight is 267 g/mol. The van der Waals surface area contributed by atoms with Crippen molar-refractivity contribution in [1.29, 1.82) is 0 Å². The van der Waals surface area contributed by atoms with E-state index in [2.05, 4.69) is 0 Å².